The Morgan fingerprint density at radius 2 is 1.59 bits per heavy atom. The Morgan fingerprint density at radius 3 is 2.17 bits per heavy atom. The molecule has 0 atom stereocenters. The molecule has 0 unspecified atom stereocenters. The Balaban J connectivity index is 1.78. The summed E-state index contributed by atoms with van der Waals surface area (Å²) < 4.78 is 51.0. The molecule has 3 rings (SSSR count). The summed E-state index contributed by atoms with van der Waals surface area (Å²) in [4.78, 5) is 10.2. The fraction of sp³-hybridized carbons (Fsp3) is 0.0526. The molecule has 0 aliphatic heterocycles. The highest BCUT2D eigenvalue weighted by Gasteiger charge is 2.18. The van der Waals surface area contributed by atoms with Gasteiger partial charge in [0.05, 0.1) is 23.0 Å². The van der Waals surface area contributed by atoms with E-state index in [2.05, 4.69) is 4.72 Å². The Bertz CT molecular complexity index is 1130. The number of hydrogen-bond acceptors (Lipinski definition) is 6. The van der Waals surface area contributed by atoms with Crippen molar-refractivity contribution in [3.05, 3.63) is 82.7 Å². The van der Waals surface area contributed by atoms with Crippen molar-refractivity contribution in [2.45, 2.75) is 4.90 Å². The summed E-state index contributed by atoms with van der Waals surface area (Å²) in [5, 5.41) is 11.0. The summed E-state index contributed by atoms with van der Waals surface area (Å²) in [6, 6.07) is 14.5. The molecule has 0 aliphatic rings. The number of halogens is 1. The van der Waals surface area contributed by atoms with E-state index in [1.807, 2.05) is 0 Å². The van der Waals surface area contributed by atoms with Crippen LogP contribution in [0.15, 0.2) is 71.6 Å². The van der Waals surface area contributed by atoms with Gasteiger partial charge in [0.15, 0.2) is 0 Å². The molecular formula is C19H15FN2O6S. The number of nitrogens with zero attached hydrogens (tertiary/aromatic N) is 1. The van der Waals surface area contributed by atoms with Crippen LogP contribution >= 0.6 is 0 Å². The maximum Gasteiger partial charge on any atom is 0.314 e. The summed E-state index contributed by atoms with van der Waals surface area (Å²) in [6.45, 7) is 0. The fourth-order valence-corrected chi connectivity index (χ4v) is 3.47. The second kappa shape index (κ2) is 8.15. The lowest BCUT2D eigenvalue weighted by molar-refractivity contribution is -0.385. The van der Waals surface area contributed by atoms with Gasteiger partial charge in [0, 0.05) is 5.69 Å². The van der Waals surface area contributed by atoms with Gasteiger partial charge >= 0.3 is 5.69 Å². The maximum absolute atomic E-state index is 13.2. The summed E-state index contributed by atoms with van der Waals surface area (Å²) >= 11 is 0. The molecule has 10 heteroatoms. The van der Waals surface area contributed by atoms with Gasteiger partial charge in [-0.05, 0) is 60.7 Å². The topological polar surface area (TPSA) is 108 Å². The van der Waals surface area contributed by atoms with E-state index in [9.17, 15) is 22.9 Å². The van der Waals surface area contributed by atoms with Crippen LogP contribution in [0.4, 0.5) is 15.8 Å². The molecular weight excluding hydrogens is 403 g/mol. The van der Waals surface area contributed by atoms with Gasteiger partial charge in [-0.3, -0.25) is 14.8 Å². The predicted molar refractivity (Wildman–Crippen MR) is 103 cm³/mol. The van der Waals surface area contributed by atoms with Crippen molar-refractivity contribution < 1.29 is 27.2 Å². The smallest absolute Gasteiger partial charge is 0.314 e. The van der Waals surface area contributed by atoms with E-state index in [4.69, 9.17) is 9.47 Å². The number of nitro benzene ring substituents is 1. The van der Waals surface area contributed by atoms with E-state index in [1.165, 1.54) is 31.4 Å². The zero-order valence-corrected chi connectivity index (χ0v) is 15.9. The van der Waals surface area contributed by atoms with Gasteiger partial charge in [0.25, 0.3) is 10.0 Å². The molecule has 0 bridgehead atoms. The molecule has 1 N–H and O–H groups in total. The molecule has 29 heavy (non-hydrogen) atoms. The van der Waals surface area contributed by atoms with E-state index in [0.717, 1.165) is 18.2 Å². The third-order valence-electron chi connectivity index (χ3n) is 3.82. The van der Waals surface area contributed by atoms with Gasteiger partial charge in [-0.15, -0.1) is 0 Å². The lowest BCUT2D eigenvalue weighted by Gasteiger charge is -2.10. The molecule has 150 valence electrons. The highest BCUT2D eigenvalue weighted by Crippen LogP contribution is 2.32. The molecule has 3 aromatic carbocycles. The van der Waals surface area contributed by atoms with E-state index in [0.29, 0.717) is 11.4 Å². The van der Waals surface area contributed by atoms with Gasteiger partial charge in [-0.2, -0.15) is 0 Å². The number of methoxy groups -OCH3 is 1. The number of rotatable bonds is 7. The molecule has 0 fully saturated rings. The first-order chi connectivity index (χ1) is 13.8. The minimum absolute atomic E-state index is 0.0331. The summed E-state index contributed by atoms with van der Waals surface area (Å²) in [5.74, 6) is -0.189. The van der Waals surface area contributed by atoms with Crippen LogP contribution in [0.3, 0.4) is 0 Å². The molecule has 0 spiro atoms. The molecule has 0 amide bonds. The Morgan fingerprint density at radius 1 is 0.966 bits per heavy atom. The Hall–Kier alpha value is -3.66. The molecule has 0 radical (unpaired) electrons. The van der Waals surface area contributed by atoms with Gasteiger partial charge in [0.1, 0.15) is 17.3 Å². The molecule has 0 aliphatic carbocycles. The zero-order chi connectivity index (χ0) is 21.0. The first-order valence-corrected chi connectivity index (χ1v) is 9.65. The fourth-order valence-electron chi connectivity index (χ4n) is 2.41. The molecule has 0 heterocycles. The third-order valence-corrected chi connectivity index (χ3v) is 5.22. The normalized spacial score (nSPS) is 11.0. The van der Waals surface area contributed by atoms with E-state index in [1.54, 1.807) is 24.3 Å². The third kappa shape index (κ3) is 4.79. The van der Waals surface area contributed by atoms with Crippen LogP contribution in [-0.4, -0.2) is 20.5 Å². The van der Waals surface area contributed by atoms with Crippen LogP contribution in [0, 0.1) is 15.9 Å². The van der Waals surface area contributed by atoms with Crippen LogP contribution in [0.2, 0.25) is 0 Å². The first kappa shape index (κ1) is 20.1. The number of anilines is 1. The molecule has 0 saturated carbocycles. The lowest BCUT2D eigenvalue weighted by Crippen LogP contribution is -2.12. The van der Waals surface area contributed by atoms with Crippen molar-refractivity contribution in [1.29, 1.82) is 0 Å². The van der Waals surface area contributed by atoms with E-state index in [-0.39, 0.29) is 16.4 Å². The van der Waals surface area contributed by atoms with Crippen molar-refractivity contribution in [2.24, 2.45) is 0 Å². The highest BCUT2D eigenvalue weighted by molar-refractivity contribution is 7.92. The molecule has 8 nitrogen and oxygen atoms in total. The quantitative estimate of drug-likeness (QED) is 0.452. The minimum Gasteiger partial charge on any atom is -0.497 e. The molecule has 3 aromatic rings. The van der Waals surface area contributed by atoms with Crippen LogP contribution in [0.25, 0.3) is 0 Å². The number of sulfonamides is 1. The summed E-state index contributed by atoms with van der Waals surface area (Å²) in [6.07, 6.45) is 0. The van der Waals surface area contributed by atoms with Crippen LogP contribution in [0.1, 0.15) is 0 Å². The average Bonchev–Trinajstić information content (AvgIpc) is 2.70. The van der Waals surface area contributed by atoms with Crippen LogP contribution < -0.4 is 14.2 Å². The SMILES string of the molecule is COc1ccc(NS(=O)(=O)c2ccc(Oc3ccc(F)cc3[N+](=O)[O-])cc2)cc1. The largest absolute Gasteiger partial charge is 0.497 e. The molecule has 0 aromatic heterocycles. The Labute approximate surface area is 165 Å². The number of benzene rings is 3. The number of nitrogens with one attached hydrogen (secondary N) is 1. The first-order valence-electron chi connectivity index (χ1n) is 8.17. The maximum atomic E-state index is 13.2. The van der Waals surface area contributed by atoms with Crippen molar-refractivity contribution >= 4 is 21.4 Å². The number of ether oxygens (including phenoxy) is 2. The van der Waals surface area contributed by atoms with Crippen LogP contribution in [0.5, 0.6) is 17.2 Å². The molecule has 0 saturated heterocycles. The lowest BCUT2D eigenvalue weighted by atomic mass is 10.3. The van der Waals surface area contributed by atoms with Crippen LogP contribution in [-0.2, 0) is 10.0 Å². The van der Waals surface area contributed by atoms with Gasteiger partial charge < -0.3 is 9.47 Å². The number of hydrogen-bond donors (Lipinski definition) is 1. The van der Waals surface area contributed by atoms with Crippen molar-refractivity contribution in [1.82, 2.24) is 0 Å². The van der Waals surface area contributed by atoms with Crippen molar-refractivity contribution in [3.63, 3.8) is 0 Å². The van der Waals surface area contributed by atoms with Gasteiger partial charge in [0.2, 0.25) is 5.75 Å². The second-order valence-corrected chi connectivity index (χ2v) is 7.46. The standard InChI is InChI=1S/C19H15FN2O6S/c1-27-15-5-3-14(4-6-15)21-29(25,26)17-9-7-16(8-10-17)28-19-11-2-13(20)12-18(19)22(23)24/h2-12,21H,1H3. The van der Waals surface area contributed by atoms with Gasteiger partial charge in [-0.25, -0.2) is 12.8 Å². The minimum atomic E-state index is -3.85. The second-order valence-electron chi connectivity index (χ2n) is 5.78. The van der Waals surface area contributed by atoms with E-state index < -0.39 is 26.5 Å². The highest BCUT2D eigenvalue weighted by atomic mass is 32.2. The number of nitro groups is 1. The average molecular weight is 418 g/mol. The van der Waals surface area contributed by atoms with Crippen molar-refractivity contribution in [2.75, 3.05) is 11.8 Å². The summed E-state index contributed by atoms with van der Waals surface area (Å²) in [5.41, 5.74) is -0.184. The zero-order valence-electron chi connectivity index (χ0n) is 15.0. The van der Waals surface area contributed by atoms with Gasteiger partial charge in [-0.1, -0.05) is 0 Å². The monoisotopic (exact) mass is 418 g/mol. The predicted octanol–water partition coefficient (Wildman–Crippen LogP) is 4.34. The van der Waals surface area contributed by atoms with E-state index >= 15 is 0 Å². The van der Waals surface area contributed by atoms with Crippen molar-refractivity contribution in [3.8, 4) is 17.2 Å². The Kier molecular flexibility index (Phi) is 5.64. The summed E-state index contributed by atoms with van der Waals surface area (Å²) in [7, 11) is -2.35.